The number of hydrogen-bond donors (Lipinski definition) is 1. The number of ether oxygens (including phenoxy) is 1. The summed E-state index contributed by atoms with van der Waals surface area (Å²) in [5.74, 6) is -1.10. The van der Waals surface area contributed by atoms with E-state index >= 15 is 0 Å². The van der Waals surface area contributed by atoms with Crippen LogP contribution in [0.3, 0.4) is 0 Å². The molecule has 0 aliphatic heterocycles. The van der Waals surface area contributed by atoms with Gasteiger partial charge in [-0.15, -0.1) is 0 Å². The van der Waals surface area contributed by atoms with Gasteiger partial charge in [-0.25, -0.2) is 4.79 Å². The van der Waals surface area contributed by atoms with Crippen molar-refractivity contribution in [3.8, 4) is 0 Å². The molecular weight excluding hydrogens is 318 g/mol. The summed E-state index contributed by atoms with van der Waals surface area (Å²) < 4.78 is 10.3. The van der Waals surface area contributed by atoms with Gasteiger partial charge in [0.25, 0.3) is 5.91 Å². The fraction of sp³-hybridized carbons (Fsp3) is 0.0588. The molecule has 1 aromatic heterocycles. The molecule has 3 aromatic rings. The third kappa shape index (κ3) is 3.70. The maximum Gasteiger partial charge on any atom is 0.374 e. The third-order valence-corrected chi connectivity index (χ3v) is 3.30. The Kier molecular flexibility index (Phi) is 4.30. The fourth-order valence-electron chi connectivity index (χ4n) is 2.05. The lowest BCUT2D eigenvalue weighted by molar-refractivity contribution is -0.119. The molecule has 23 heavy (non-hydrogen) atoms. The molecule has 0 bridgehead atoms. The van der Waals surface area contributed by atoms with Crippen LogP contribution >= 0.6 is 11.6 Å². The number of hydrogen-bond acceptors (Lipinski definition) is 4. The van der Waals surface area contributed by atoms with Gasteiger partial charge in [0, 0.05) is 16.1 Å². The summed E-state index contributed by atoms with van der Waals surface area (Å²) in [4.78, 5) is 23.7. The van der Waals surface area contributed by atoms with Crippen molar-refractivity contribution < 1.29 is 18.7 Å². The van der Waals surface area contributed by atoms with Crippen LogP contribution in [0.4, 0.5) is 5.69 Å². The molecule has 1 amide bonds. The van der Waals surface area contributed by atoms with Gasteiger partial charge in [-0.2, -0.15) is 0 Å². The number of furan rings is 1. The molecule has 0 fully saturated rings. The molecule has 1 heterocycles. The SMILES string of the molecule is O=C(COC(=O)c1cc2ccccc2o1)Nc1cccc(Cl)c1. The average molecular weight is 330 g/mol. The summed E-state index contributed by atoms with van der Waals surface area (Å²) in [6.45, 7) is -0.414. The van der Waals surface area contributed by atoms with Crippen LogP contribution in [0, 0.1) is 0 Å². The van der Waals surface area contributed by atoms with Crippen molar-refractivity contribution in [3.05, 3.63) is 65.4 Å². The molecule has 0 radical (unpaired) electrons. The Morgan fingerprint density at radius 3 is 2.70 bits per heavy atom. The number of anilines is 1. The summed E-state index contributed by atoms with van der Waals surface area (Å²) in [5.41, 5.74) is 1.12. The first-order valence-electron chi connectivity index (χ1n) is 6.83. The number of fused-ring (bicyclic) bond motifs is 1. The molecule has 2 aromatic carbocycles. The largest absolute Gasteiger partial charge is 0.450 e. The number of halogens is 1. The van der Waals surface area contributed by atoms with Crippen LogP contribution < -0.4 is 5.32 Å². The molecule has 116 valence electrons. The smallest absolute Gasteiger partial charge is 0.374 e. The molecule has 3 rings (SSSR count). The van der Waals surface area contributed by atoms with Crippen LogP contribution in [-0.2, 0) is 9.53 Å². The fourth-order valence-corrected chi connectivity index (χ4v) is 2.24. The maximum absolute atomic E-state index is 11.9. The zero-order valence-electron chi connectivity index (χ0n) is 11.9. The summed E-state index contributed by atoms with van der Waals surface area (Å²) in [5, 5.41) is 3.88. The zero-order valence-corrected chi connectivity index (χ0v) is 12.7. The quantitative estimate of drug-likeness (QED) is 0.737. The Morgan fingerprint density at radius 1 is 1.09 bits per heavy atom. The van der Waals surface area contributed by atoms with E-state index in [4.69, 9.17) is 20.8 Å². The highest BCUT2D eigenvalue weighted by atomic mass is 35.5. The first kappa shape index (κ1) is 15.1. The standard InChI is InChI=1S/C17H12ClNO4/c18-12-5-3-6-13(9-12)19-16(20)10-22-17(21)15-8-11-4-1-2-7-14(11)23-15/h1-9H,10H2,(H,19,20). The van der Waals surface area contributed by atoms with E-state index < -0.39 is 18.5 Å². The minimum absolute atomic E-state index is 0.0572. The van der Waals surface area contributed by atoms with Crippen LogP contribution in [0.25, 0.3) is 11.0 Å². The molecular formula is C17H12ClNO4. The number of carbonyl (C=O) groups excluding carboxylic acids is 2. The van der Waals surface area contributed by atoms with E-state index in [1.54, 1.807) is 42.5 Å². The number of nitrogens with one attached hydrogen (secondary N) is 1. The Hall–Kier alpha value is -2.79. The summed E-state index contributed by atoms with van der Waals surface area (Å²) in [6.07, 6.45) is 0. The highest BCUT2D eigenvalue weighted by Gasteiger charge is 2.15. The van der Waals surface area contributed by atoms with Crippen molar-refractivity contribution in [2.45, 2.75) is 0 Å². The molecule has 0 spiro atoms. The molecule has 0 aliphatic rings. The van der Waals surface area contributed by atoms with Crippen molar-refractivity contribution in [2.75, 3.05) is 11.9 Å². The van der Waals surface area contributed by atoms with Gasteiger partial charge >= 0.3 is 5.97 Å². The minimum Gasteiger partial charge on any atom is -0.450 e. The summed E-state index contributed by atoms with van der Waals surface area (Å²) >= 11 is 5.83. The van der Waals surface area contributed by atoms with Gasteiger partial charge in [0.15, 0.2) is 6.61 Å². The van der Waals surface area contributed by atoms with E-state index in [1.807, 2.05) is 12.1 Å². The Bertz CT molecular complexity index is 839. The molecule has 5 nitrogen and oxygen atoms in total. The molecule has 0 unspecified atom stereocenters. The molecule has 0 atom stereocenters. The van der Waals surface area contributed by atoms with Crippen molar-refractivity contribution >= 4 is 40.1 Å². The summed E-state index contributed by atoms with van der Waals surface area (Å²) in [7, 11) is 0. The van der Waals surface area contributed by atoms with E-state index in [1.165, 1.54) is 0 Å². The van der Waals surface area contributed by atoms with Gasteiger partial charge in [-0.1, -0.05) is 35.9 Å². The van der Waals surface area contributed by atoms with E-state index in [2.05, 4.69) is 5.32 Å². The van der Waals surface area contributed by atoms with Crippen LogP contribution in [0.2, 0.25) is 5.02 Å². The van der Waals surface area contributed by atoms with Crippen LogP contribution in [0.15, 0.2) is 59.0 Å². The summed E-state index contributed by atoms with van der Waals surface area (Å²) in [6, 6.07) is 15.5. The van der Waals surface area contributed by atoms with Crippen molar-refractivity contribution in [2.24, 2.45) is 0 Å². The second-order valence-corrected chi connectivity index (χ2v) is 5.22. The average Bonchev–Trinajstić information content (AvgIpc) is 2.97. The number of carbonyl (C=O) groups is 2. The van der Waals surface area contributed by atoms with E-state index in [0.717, 1.165) is 5.39 Å². The second-order valence-electron chi connectivity index (χ2n) is 4.78. The molecule has 1 N–H and O–H groups in total. The lowest BCUT2D eigenvalue weighted by Gasteiger charge is -2.05. The molecule has 6 heteroatoms. The number of para-hydroxylation sites is 1. The number of esters is 1. The van der Waals surface area contributed by atoms with Gasteiger partial charge in [-0.05, 0) is 30.3 Å². The lowest BCUT2D eigenvalue weighted by Crippen LogP contribution is -2.20. The first-order valence-corrected chi connectivity index (χ1v) is 7.21. The van der Waals surface area contributed by atoms with E-state index in [0.29, 0.717) is 16.3 Å². The van der Waals surface area contributed by atoms with Gasteiger partial charge in [-0.3, -0.25) is 4.79 Å². The highest BCUT2D eigenvalue weighted by Crippen LogP contribution is 2.19. The lowest BCUT2D eigenvalue weighted by atomic mass is 10.2. The maximum atomic E-state index is 11.9. The van der Waals surface area contributed by atoms with Crippen LogP contribution in [-0.4, -0.2) is 18.5 Å². The highest BCUT2D eigenvalue weighted by molar-refractivity contribution is 6.30. The van der Waals surface area contributed by atoms with Crippen molar-refractivity contribution in [3.63, 3.8) is 0 Å². The Balaban J connectivity index is 1.59. The molecule has 0 aliphatic carbocycles. The Labute approximate surface area is 136 Å². The van der Waals surface area contributed by atoms with Crippen LogP contribution in [0.1, 0.15) is 10.6 Å². The topological polar surface area (TPSA) is 68.5 Å². The predicted molar refractivity (Wildman–Crippen MR) is 86.6 cm³/mol. The van der Waals surface area contributed by atoms with Crippen molar-refractivity contribution in [1.82, 2.24) is 0 Å². The van der Waals surface area contributed by atoms with Gasteiger partial charge < -0.3 is 14.5 Å². The molecule has 0 saturated heterocycles. The van der Waals surface area contributed by atoms with E-state index in [9.17, 15) is 9.59 Å². The first-order chi connectivity index (χ1) is 11.1. The molecule has 0 saturated carbocycles. The predicted octanol–water partition coefficient (Wildman–Crippen LogP) is 3.88. The van der Waals surface area contributed by atoms with Gasteiger partial charge in [0.05, 0.1) is 0 Å². The zero-order chi connectivity index (χ0) is 16.2. The Morgan fingerprint density at radius 2 is 1.91 bits per heavy atom. The van der Waals surface area contributed by atoms with Gasteiger partial charge in [0.2, 0.25) is 5.76 Å². The number of benzene rings is 2. The van der Waals surface area contributed by atoms with Crippen LogP contribution in [0.5, 0.6) is 0 Å². The number of rotatable bonds is 4. The van der Waals surface area contributed by atoms with Crippen molar-refractivity contribution in [1.29, 1.82) is 0 Å². The van der Waals surface area contributed by atoms with E-state index in [-0.39, 0.29) is 5.76 Å². The second kappa shape index (κ2) is 6.54. The normalized spacial score (nSPS) is 10.5. The monoisotopic (exact) mass is 329 g/mol. The minimum atomic E-state index is -0.692. The number of amides is 1. The van der Waals surface area contributed by atoms with Gasteiger partial charge in [0.1, 0.15) is 5.58 Å². The third-order valence-electron chi connectivity index (χ3n) is 3.07.